The molecule has 1 aliphatic carbocycles. The van der Waals surface area contributed by atoms with Crippen molar-refractivity contribution in [3.05, 3.63) is 35.4 Å². The zero-order chi connectivity index (χ0) is 12.3. The molecule has 1 saturated carbocycles. The largest absolute Gasteiger partial charge is 0.322 e. The molecule has 0 amide bonds. The van der Waals surface area contributed by atoms with Crippen LogP contribution in [0.4, 0.5) is 0 Å². The van der Waals surface area contributed by atoms with Crippen LogP contribution < -0.4 is 5.73 Å². The zero-order valence-corrected chi connectivity index (χ0v) is 11.2. The van der Waals surface area contributed by atoms with Gasteiger partial charge in [0.25, 0.3) is 0 Å². The fraction of sp³-hybridized carbons (Fsp3) is 0.625. The first-order valence-electron chi connectivity index (χ1n) is 6.97. The quantitative estimate of drug-likeness (QED) is 0.754. The molecule has 2 rings (SSSR count). The molecule has 17 heavy (non-hydrogen) atoms. The molecule has 0 saturated heterocycles. The van der Waals surface area contributed by atoms with Crippen LogP contribution in [0.25, 0.3) is 0 Å². The van der Waals surface area contributed by atoms with Crippen LogP contribution in [0.15, 0.2) is 24.3 Å². The fourth-order valence-electron chi connectivity index (χ4n) is 2.81. The molecule has 1 heteroatoms. The molecule has 0 aliphatic heterocycles. The van der Waals surface area contributed by atoms with Crippen molar-refractivity contribution in [2.45, 2.75) is 63.8 Å². The van der Waals surface area contributed by atoms with E-state index >= 15 is 0 Å². The molecule has 1 aromatic rings. The minimum atomic E-state index is -0.221. The van der Waals surface area contributed by atoms with Crippen molar-refractivity contribution in [3.63, 3.8) is 0 Å². The highest BCUT2D eigenvalue weighted by molar-refractivity contribution is 5.30. The van der Waals surface area contributed by atoms with Gasteiger partial charge in [0.1, 0.15) is 0 Å². The third-order valence-corrected chi connectivity index (χ3v) is 3.96. The molecule has 0 heterocycles. The lowest BCUT2D eigenvalue weighted by Crippen LogP contribution is -2.28. The molecule has 1 fully saturated rings. The number of hydrogen-bond acceptors (Lipinski definition) is 1. The van der Waals surface area contributed by atoms with E-state index in [4.69, 9.17) is 5.73 Å². The van der Waals surface area contributed by atoms with E-state index in [-0.39, 0.29) is 5.54 Å². The average Bonchev–Trinajstić information content (AvgIpc) is 2.56. The maximum atomic E-state index is 6.19. The lowest BCUT2D eigenvalue weighted by molar-refractivity contribution is 0.547. The van der Waals surface area contributed by atoms with Crippen LogP contribution in [0, 0.1) is 0 Å². The second kappa shape index (κ2) is 5.22. The van der Waals surface area contributed by atoms with E-state index in [2.05, 4.69) is 38.1 Å². The summed E-state index contributed by atoms with van der Waals surface area (Å²) < 4.78 is 0. The average molecular weight is 231 g/mol. The molecule has 2 N–H and O–H groups in total. The van der Waals surface area contributed by atoms with E-state index in [1.165, 1.54) is 49.7 Å². The minimum Gasteiger partial charge on any atom is -0.322 e. The molecular formula is C16H25N. The molecule has 0 radical (unpaired) electrons. The molecule has 0 atom stereocenters. The molecule has 0 spiro atoms. The van der Waals surface area contributed by atoms with Gasteiger partial charge in [0, 0.05) is 5.54 Å². The van der Waals surface area contributed by atoms with Crippen LogP contribution in [0.2, 0.25) is 0 Å². The first-order chi connectivity index (χ1) is 8.07. The molecular weight excluding hydrogens is 206 g/mol. The van der Waals surface area contributed by atoms with Crippen molar-refractivity contribution in [2.75, 3.05) is 0 Å². The van der Waals surface area contributed by atoms with Crippen molar-refractivity contribution < 1.29 is 0 Å². The minimum absolute atomic E-state index is 0.221. The van der Waals surface area contributed by atoms with Crippen LogP contribution in [-0.2, 0) is 5.54 Å². The Bertz CT molecular complexity index is 354. The highest BCUT2D eigenvalue weighted by Crippen LogP contribution is 2.32. The number of benzene rings is 1. The summed E-state index contributed by atoms with van der Waals surface area (Å²) in [5.74, 6) is 0.764. The smallest absolute Gasteiger partial charge is 0.0352 e. The maximum absolute atomic E-state index is 6.19. The van der Waals surface area contributed by atoms with Crippen LogP contribution >= 0.6 is 0 Å². The summed E-state index contributed by atoms with van der Waals surface area (Å²) in [7, 11) is 0. The second-order valence-corrected chi connectivity index (χ2v) is 6.04. The van der Waals surface area contributed by atoms with Gasteiger partial charge in [0.15, 0.2) is 0 Å². The van der Waals surface area contributed by atoms with Crippen LogP contribution in [0.1, 0.15) is 69.4 Å². The van der Waals surface area contributed by atoms with E-state index in [0.29, 0.717) is 0 Å². The Kier molecular flexibility index (Phi) is 3.88. The molecule has 1 aliphatic rings. The molecule has 0 aromatic heterocycles. The number of hydrogen-bond donors (Lipinski definition) is 1. The lowest BCUT2D eigenvalue weighted by atomic mass is 9.87. The van der Waals surface area contributed by atoms with Crippen molar-refractivity contribution >= 4 is 0 Å². The Morgan fingerprint density at radius 3 is 2.29 bits per heavy atom. The van der Waals surface area contributed by atoms with Gasteiger partial charge in [-0.15, -0.1) is 0 Å². The standard InChI is InChI=1S/C16H25N/c1-16(2,17)15-11-7-10-14(12-15)13-8-5-3-4-6-9-13/h7,10-13H,3-6,8-9,17H2,1-2H3. The van der Waals surface area contributed by atoms with E-state index < -0.39 is 0 Å². The third kappa shape index (κ3) is 3.32. The highest BCUT2D eigenvalue weighted by Gasteiger charge is 2.18. The van der Waals surface area contributed by atoms with Gasteiger partial charge in [0.2, 0.25) is 0 Å². The van der Waals surface area contributed by atoms with Gasteiger partial charge in [-0.2, -0.15) is 0 Å². The van der Waals surface area contributed by atoms with Crippen molar-refractivity contribution in [2.24, 2.45) is 5.73 Å². The predicted octanol–water partition coefficient (Wildman–Crippen LogP) is 4.32. The topological polar surface area (TPSA) is 26.0 Å². The van der Waals surface area contributed by atoms with E-state index in [1.54, 1.807) is 0 Å². The summed E-state index contributed by atoms with van der Waals surface area (Å²) in [6.07, 6.45) is 8.32. The lowest BCUT2D eigenvalue weighted by Gasteiger charge is -2.22. The Morgan fingerprint density at radius 2 is 1.71 bits per heavy atom. The Balaban J connectivity index is 2.20. The SMILES string of the molecule is CC(C)(N)c1cccc(C2CCCCCC2)c1. The Morgan fingerprint density at radius 1 is 1.06 bits per heavy atom. The summed E-state index contributed by atoms with van der Waals surface area (Å²) in [5.41, 5.74) is 8.73. The summed E-state index contributed by atoms with van der Waals surface area (Å²) >= 11 is 0. The molecule has 94 valence electrons. The van der Waals surface area contributed by atoms with Gasteiger partial charge >= 0.3 is 0 Å². The summed E-state index contributed by atoms with van der Waals surface area (Å²) in [5, 5.41) is 0. The first-order valence-corrected chi connectivity index (χ1v) is 6.97. The van der Waals surface area contributed by atoms with Gasteiger partial charge < -0.3 is 5.73 Å². The predicted molar refractivity (Wildman–Crippen MR) is 74.1 cm³/mol. The van der Waals surface area contributed by atoms with Crippen molar-refractivity contribution in [1.82, 2.24) is 0 Å². The molecule has 0 unspecified atom stereocenters. The van der Waals surface area contributed by atoms with Gasteiger partial charge in [0.05, 0.1) is 0 Å². The normalized spacial score (nSPS) is 19.0. The van der Waals surface area contributed by atoms with Crippen molar-refractivity contribution in [3.8, 4) is 0 Å². The summed E-state index contributed by atoms with van der Waals surface area (Å²) in [4.78, 5) is 0. The van der Waals surface area contributed by atoms with Gasteiger partial charge in [-0.1, -0.05) is 49.9 Å². The van der Waals surface area contributed by atoms with Gasteiger partial charge in [-0.05, 0) is 43.7 Å². The number of rotatable bonds is 2. The third-order valence-electron chi connectivity index (χ3n) is 3.96. The fourth-order valence-corrected chi connectivity index (χ4v) is 2.81. The molecule has 1 aromatic carbocycles. The van der Waals surface area contributed by atoms with E-state index in [0.717, 1.165) is 5.92 Å². The Labute approximate surface area is 105 Å². The Hall–Kier alpha value is -0.820. The van der Waals surface area contributed by atoms with Crippen LogP contribution in [0.3, 0.4) is 0 Å². The summed E-state index contributed by atoms with van der Waals surface area (Å²) in [6, 6.07) is 8.94. The highest BCUT2D eigenvalue weighted by atomic mass is 14.7. The van der Waals surface area contributed by atoms with Crippen LogP contribution in [-0.4, -0.2) is 0 Å². The summed E-state index contributed by atoms with van der Waals surface area (Å²) in [6.45, 7) is 4.17. The maximum Gasteiger partial charge on any atom is 0.0352 e. The van der Waals surface area contributed by atoms with Gasteiger partial charge in [-0.25, -0.2) is 0 Å². The van der Waals surface area contributed by atoms with Crippen molar-refractivity contribution in [1.29, 1.82) is 0 Å². The molecule has 0 bridgehead atoms. The monoisotopic (exact) mass is 231 g/mol. The van der Waals surface area contributed by atoms with Gasteiger partial charge in [-0.3, -0.25) is 0 Å². The first kappa shape index (κ1) is 12.6. The van der Waals surface area contributed by atoms with E-state index in [1.807, 2.05) is 0 Å². The zero-order valence-electron chi connectivity index (χ0n) is 11.2. The number of nitrogens with two attached hydrogens (primary N) is 1. The molecule has 1 nitrogen and oxygen atoms in total. The van der Waals surface area contributed by atoms with Crippen LogP contribution in [0.5, 0.6) is 0 Å². The second-order valence-electron chi connectivity index (χ2n) is 6.04. The van der Waals surface area contributed by atoms with E-state index in [9.17, 15) is 0 Å².